The fourth-order valence-corrected chi connectivity index (χ4v) is 5.47. The molecule has 3 aliphatic heterocycles. The number of carbonyl (C=O) groups excluding carboxylic acids is 2. The van der Waals surface area contributed by atoms with Gasteiger partial charge >= 0.3 is 0 Å². The number of benzene rings is 2. The molecule has 0 saturated carbocycles. The van der Waals surface area contributed by atoms with Gasteiger partial charge in [-0.25, -0.2) is 0 Å². The molecule has 30 heavy (non-hydrogen) atoms. The van der Waals surface area contributed by atoms with Crippen LogP contribution in [0.5, 0.6) is 0 Å². The van der Waals surface area contributed by atoms with Crippen molar-refractivity contribution in [3.8, 4) is 0 Å². The Morgan fingerprint density at radius 1 is 1.00 bits per heavy atom. The number of rotatable bonds is 4. The van der Waals surface area contributed by atoms with Gasteiger partial charge in [0.05, 0.1) is 35.4 Å². The minimum absolute atomic E-state index is 0.0120. The SMILES string of the molecule is O=C1C(=C2C(=O)N(Cc3ccccc3)c3ccccc32)SC(=S)N1CC1CCCO1. The van der Waals surface area contributed by atoms with E-state index in [1.807, 2.05) is 54.6 Å². The molecule has 2 aromatic rings. The van der Waals surface area contributed by atoms with Crippen molar-refractivity contribution in [3.05, 3.63) is 70.6 Å². The monoisotopic (exact) mass is 436 g/mol. The van der Waals surface area contributed by atoms with Crippen LogP contribution in [0.25, 0.3) is 5.57 Å². The summed E-state index contributed by atoms with van der Waals surface area (Å²) in [5.74, 6) is -0.349. The first-order valence-corrected chi connectivity index (χ1v) is 11.2. The Morgan fingerprint density at radius 3 is 2.53 bits per heavy atom. The second kappa shape index (κ2) is 7.98. The molecule has 2 saturated heterocycles. The molecule has 0 bridgehead atoms. The lowest BCUT2D eigenvalue weighted by molar-refractivity contribution is -0.123. The van der Waals surface area contributed by atoms with Gasteiger partial charge in [-0.05, 0) is 24.5 Å². The summed E-state index contributed by atoms with van der Waals surface area (Å²) in [5.41, 5.74) is 3.10. The lowest BCUT2D eigenvalue weighted by Crippen LogP contribution is -2.35. The Morgan fingerprint density at radius 2 is 1.77 bits per heavy atom. The molecule has 0 radical (unpaired) electrons. The number of anilines is 1. The van der Waals surface area contributed by atoms with Gasteiger partial charge in [0.15, 0.2) is 0 Å². The fraction of sp³-hybridized carbons (Fsp3) is 0.261. The van der Waals surface area contributed by atoms with Crippen molar-refractivity contribution in [2.45, 2.75) is 25.5 Å². The number of fused-ring (bicyclic) bond motifs is 1. The average molecular weight is 437 g/mol. The van der Waals surface area contributed by atoms with E-state index < -0.39 is 0 Å². The normalized spacial score (nSPS) is 23.6. The largest absolute Gasteiger partial charge is 0.376 e. The van der Waals surface area contributed by atoms with Crippen LogP contribution in [0, 0.1) is 0 Å². The lowest BCUT2D eigenvalue weighted by atomic mass is 10.1. The number of thiocarbonyl (C=S) groups is 1. The van der Waals surface area contributed by atoms with E-state index in [0.717, 1.165) is 36.3 Å². The van der Waals surface area contributed by atoms with Gasteiger partial charge in [-0.15, -0.1) is 0 Å². The van der Waals surface area contributed by atoms with E-state index in [4.69, 9.17) is 17.0 Å². The van der Waals surface area contributed by atoms with E-state index in [1.54, 1.807) is 9.80 Å². The molecule has 7 heteroatoms. The van der Waals surface area contributed by atoms with E-state index in [9.17, 15) is 9.59 Å². The lowest BCUT2D eigenvalue weighted by Gasteiger charge is -2.18. The van der Waals surface area contributed by atoms with Crippen molar-refractivity contribution in [1.82, 2.24) is 4.90 Å². The van der Waals surface area contributed by atoms with Gasteiger partial charge in [-0.3, -0.25) is 14.5 Å². The molecule has 2 fully saturated rings. The molecule has 2 amide bonds. The second-order valence-electron chi connectivity index (χ2n) is 7.52. The molecule has 3 aliphatic rings. The Kier molecular flexibility index (Phi) is 5.18. The molecule has 2 aromatic carbocycles. The minimum Gasteiger partial charge on any atom is -0.376 e. The number of hydrogen-bond donors (Lipinski definition) is 0. The molecule has 0 aromatic heterocycles. The highest BCUT2D eigenvalue weighted by atomic mass is 32.2. The van der Waals surface area contributed by atoms with Crippen molar-refractivity contribution in [2.75, 3.05) is 18.1 Å². The topological polar surface area (TPSA) is 49.9 Å². The summed E-state index contributed by atoms with van der Waals surface area (Å²) in [6.45, 7) is 1.63. The first kappa shape index (κ1) is 19.5. The van der Waals surface area contributed by atoms with Crippen LogP contribution in [0.4, 0.5) is 5.69 Å². The summed E-state index contributed by atoms with van der Waals surface area (Å²) in [7, 11) is 0. The van der Waals surface area contributed by atoms with Gasteiger partial charge in [0.2, 0.25) is 0 Å². The summed E-state index contributed by atoms with van der Waals surface area (Å²) < 4.78 is 6.17. The quantitative estimate of drug-likeness (QED) is 0.536. The minimum atomic E-state index is -0.194. The van der Waals surface area contributed by atoms with E-state index in [-0.39, 0.29) is 17.9 Å². The molecule has 1 unspecified atom stereocenters. The zero-order valence-corrected chi connectivity index (χ0v) is 17.9. The average Bonchev–Trinajstić information content (AvgIpc) is 3.44. The van der Waals surface area contributed by atoms with Crippen LogP contribution in [0.1, 0.15) is 24.0 Å². The Labute approximate surface area is 184 Å². The predicted molar refractivity (Wildman–Crippen MR) is 122 cm³/mol. The smallest absolute Gasteiger partial charge is 0.267 e. The highest BCUT2D eigenvalue weighted by Gasteiger charge is 2.42. The van der Waals surface area contributed by atoms with E-state index in [2.05, 4.69) is 0 Å². The van der Waals surface area contributed by atoms with E-state index in [0.29, 0.717) is 27.9 Å². The molecule has 5 rings (SSSR count). The number of nitrogens with zero attached hydrogens (tertiary/aromatic N) is 2. The van der Waals surface area contributed by atoms with Crippen LogP contribution >= 0.6 is 24.0 Å². The third kappa shape index (κ3) is 3.37. The molecule has 1 atom stereocenters. The molecule has 0 spiro atoms. The first-order chi connectivity index (χ1) is 14.6. The maximum absolute atomic E-state index is 13.5. The van der Waals surface area contributed by atoms with Crippen LogP contribution < -0.4 is 4.90 Å². The third-order valence-corrected chi connectivity index (χ3v) is 7.04. The number of ether oxygens (including phenoxy) is 1. The summed E-state index contributed by atoms with van der Waals surface area (Å²) >= 11 is 6.71. The van der Waals surface area contributed by atoms with Crippen molar-refractivity contribution < 1.29 is 14.3 Å². The zero-order chi connectivity index (χ0) is 20.7. The van der Waals surface area contributed by atoms with Gasteiger partial charge in [-0.2, -0.15) is 0 Å². The van der Waals surface area contributed by atoms with Crippen LogP contribution in [-0.2, 0) is 20.9 Å². The maximum atomic E-state index is 13.5. The number of thioether (sulfide) groups is 1. The van der Waals surface area contributed by atoms with Gasteiger partial charge in [-0.1, -0.05) is 72.5 Å². The number of hydrogen-bond acceptors (Lipinski definition) is 5. The summed E-state index contributed by atoms with van der Waals surface area (Å²) in [5, 5.41) is 0. The molecule has 3 heterocycles. The maximum Gasteiger partial charge on any atom is 0.267 e. The molecule has 0 N–H and O–H groups in total. The Bertz CT molecular complexity index is 1060. The second-order valence-corrected chi connectivity index (χ2v) is 9.16. The van der Waals surface area contributed by atoms with Crippen molar-refractivity contribution in [3.63, 3.8) is 0 Å². The van der Waals surface area contributed by atoms with Gasteiger partial charge < -0.3 is 9.64 Å². The molecular formula is C23H20N2O3S2. The third-order valence-electron chi connectivity index (χ3n) is 5.59. The predicted octanol–water partition coefficient (Wildman–Crippen LogP) is 3.98. The van der Waals surface area contributed by atoms with Crippen LogP contribution in [0.3, 0.4) is 0 Å². The summed E-state index contributed by atoms with van der Waals surface area (Å²) in [4.78, 5) is 30.5. The highest BCUT2D eigenvalue weighted by molar-refractivity contribution is 8.26. The van der Waals surface area contributed by atoms with Crippen molar-refractivity contribution >= 4 is 51.4 Å². The van der Waals surface area contributed by atoms with Gasteiger partial charge in [0.1, 0.15) is 4.32 Å². The van der Waals surface area contributed by atoms with E-state index in [1.165, 1.54) is 11.8 Å². The Balaban J connectivity index is 1.50. The molecule has 0 aliphatic carbocycles. The number of para-hydroxylation sites is 1. The molecule has 152 valence electrons. The van der Waals surface area contributed by atoms with Crippen molar-refractivity contribution in [2.24, 2.45) is 0 Å². The molecule has 5 nitrogen and oxygen atoms in total. The molecular weight excluding hydrogens is 416 g/mol. The summed E-state index contributed by atoms with van der Waals surface area (Å²) in [6.07, 6.45) is 1.94. The number of amides is 2. The van der Waals surface area contributed by atoms with Crippen molar-refractivity contribution in [1.29, 1.82) is 0 Å². The van der Waals surface area contributed by atoms with E-state index >= 15 is 0 Å². The van der Waals surface area contributed by atoms with Gasteiger partial charge in [0, 0.05) is 12.2 Å². The van der Waals surface area contributed by atoms with Crippen LogP contribution in [0.15, 0.2) is 59.5 Å². The number of carbonyl (C=O) groups is 2. The standard InChI is InChI=1S/C23H20N2O3S2/c26-21-19(20-22(27)25(23(29)30-20)14-16-9-6-12-28-16)17-10-4-5-11-18(17)24(21)13-15-7-2-1-3-8-15/h1-5,7-8,10-11,16H,6,9,12-14H2. The van der Waals surface area contributed by atoms with Gasteiger partial charge in [0.25, 0.3) is 11.8 Å². The zero-order valence-electron chi connectivity index (χ0n) is 16.2. The van der Waals surface area contributed by atoms with Crippen LogP contribution in [-0.4, -0.2) is 40.3 Å². The Hall–Kier alpha value is -2.48. The highest BCUT2D eigenvalue weighted by Crippen LogP contribution is 2.45. The summed E-state index contributed by atoms with van der Waals surface area (Å²) in [6, 6.07) is 17.5. The van der Waals surface area contributed by atoms with Crippen LogP contribution in [0.2, 0.25) is 0 Å². The fourth-order valence-electron chi connectivity index (χ4n) is 4.12. The first-order valence-electron chi connectivity index (χ1n) is 9.98.